The number of allylic oxidation sites excluding steroid dienone is 1. The van der Waals surface area contributed by atoms with E-state index in [0.717, 1.165) is 23.4 Å². The Morgan fingerprint density at radius 3 is 2.68 bits per heavy atom. The fourth-order valence-corrected chi connectivity index (χ4v) is 3.75. The predicted octanol–water partition coefficient (Wildman–Crippen LogP) is 4.45. The molecular weight excluding hydrogens is 314 g/mol. The van der Waals surface area contributed by atoms with Gasteiger partial charge in [-0.25, -0.2) is 14.3 Å². The van der Waals surface area contributed by atoms with E-state index in [0.29, 0.717) is 17.7 Å². The van der Waals surface area contributed by atoms with Gasteiger partial charge in [0.25, 0.3) is 0 Å². The molecule has 1 saturated carbocycles. The van der Waals surface area contributed by atoms with E-state index < -0.39 is 5.97 Å². The van der Waals surface area contributed by atoms with Crippen LogP contribution >= 0.6 is 0 Å². The van der Waals surface area contributed by atoms with Gasteiger partial charge in [-0.05, 0) is 50.2 Å². The molecule has 0 amide bonds. The number of rotatable bonds is 5. The number of hydrogen-bond donors (Lipinski definition) is 0. The first-order valence-corrected chi connectivity index (χ1v) is 9.14. The molecule has 0 bridgehead atoms. The topological polar surface area (TPSA) is 56.5 Å². The monoisotopic (exact) mass is 341 g/mol. The highest BCUT2D eigenvalue weighted by molar-refractivity contribution is 5.88. The lowest BCUT2D eigenvalue weighted by atomic mass is 9.73. The molecule has 0 unspecified atom stereocenters. The Labute approximate surface area is 149 Å². The average Bonchev–Trinajstić information content (AvgIpc) is 2.98. The molecule has 0 aromatic carbocycles. The Balaban J connectivity index is 2.00. The van der Waals surface area contributed by atoms with Gasteiger partial charge in [0, 0.05) is 11.8 Å². The van der Waals surface area contributed by atoms with Gasteiger partial charge >= 0.3 is 5.97 Å². The fraction of sp³-hybridized carbons (Fsp3) is 0.550. The molecule has 2 aromatic heterocycles. The van der Waals surface area contributed by atoms with Gasteiger partial charge in [-0.1, -0.05) is 32.8 Å². The lowest BCUT2D eigenvalue weighted by Gasteiger charge is -2.33. The number of aromatic nitrogens is 3. The van der Waals surface area contributed by atoms with Crippen LogP contribution in [0.15, 0.2) is 18.7 Å². The third-order valence-corrected chi connectivity index (χ3v) is 5.07. The second-order valence-electron chi connectivity index (χ2n) is 7.48. The number of carbonyl (C=O) groups excluding carboxylic acids is 1. The van der Waals surface area contributed by atoms with Crippen LogP contribution in [0.5, 0.6) is 0 Å². The van der Waals surface area contributed by atoms with Crippen LogP contribution in [0.2, 0.25) is 0 Å². The minimum Gasteiger partial charge on any atom is -0.461 e. The summed E-state index contributed by atoms with van der Waals surface area (Å²) in [6.45, 7) is 10.5. The zero-order chi connectivity index (χ0) is 18.0. The van der Waals surface area contributed by atoms with E-state index in [4.69, 9.17) is 9.72 Å². The van der Waals surface area contributed by atoms with Crippen LogP contribution in [-0.2, 0) is 11.2 Å². The first kappa shape index (κ1) is 17.6. The molecule has 0 atom stereocenters. The third kappa shape index (κ3) is 3.75. The van der Waals surface area contributed by atoms with Gasteiger partial charge in [0.15, 0.2) is 11.3 Å². The largest absolute Gasteiger partial charge is 0.461 e. The average molecular weight is 341 g/mol. The first-order chi connectivity index (χ1) is 11.9. The quantitative estimate of drug-likeness (QED) is 0.754. The van der Waals surface area contributed by atoms with Crippen LogP contribution in [-0.4, -0.2) is 27.2 Å². The number of carbonyl (C=O) groups is 1. The molecule has 0 aliphatic heterocycles. The van der Waals surface area contributed by atoms with E-state index in [9.17, 15) is 4.79 Å². The number of fused-ring (bicyclic) bond motifs is 1. The molecule has 2 heterocycles. The van der Waals surface area contributed by atoms with E-state index in [1.807, 2.05) is 6.92 Å². The van der Waals surface area contributed by atoms with Crippen molar-refractivity contribution >= 4 is 17.2 Å². The molecule has 134 valence electrons. The van der Waals surface area contributed by atoms with E-state index in [1.165, 1.54) is 32.1 Å². The van der Waals surface area contributed by atoms with Crippen molar-refractivity contribution < 1.29 is 9.53 Å². The van der Waals surface area contributed by atoms with Crippen LogP contribution in [0.1, 0.15) is 74.8 Å². The Morgan fingerprint density at radius 2 is 2.04 bits per heavy atom. The molecule has 0 radical (unpaired) electrons. The maximum atomic E-state index is 12.0. The Hall–Kier alpha value is -2.17. The van der Waals surface area contributed by atoms with E-state index in [2.05, 4.69) is 24.7 Å². The summed E-state index contributed by atoms with van der Waals surface area (Å²) in [5, 5.41) is 4.38. The molecular formula is C20H27N3O2. The summed E-state index contributed by atoms with van der Waals surface area (Å²) in [6.07, 6.45) is 7.37. The van der Waals surface area contributed by atoms with Crippen molar-refractivity contribution in [3.05, 3.63) is 35.8 Å². The summed E-state index contributed by atoms with van der Waals surface area (Å²) in [4.78, 5) is 16.8. The summed E-state index contributed by atoms with van der Waals surface area (Å²) < 4.78 is 6.76. The van der Waals surface area contributed by atoms with Crippen molar-refractivity contribution in [3.8, 4) is 0 Å². The van der Waals surface area contributed by atoms with Gasteiger partial charge in [0.05, 0.1) is 12.3 Å². The number of nitrogens with zero attached hydrogens (tertiary/aromatic N) is 3. The normalized spacial score (nSPS) is 16.8. The summed E-state index contributed by atoms with van der Waals surface area (Å²) >= 11 is 0. The van der Waals surface area contributed by atoms with E-state index in [1.54, 1.807) is 17.5 Å². The van der Waals surface area contributed by atoms with Crippen molar-refractivity contribution in [2.24, 2.45) is 5.41 Å². The standard InChI is InChI=1S/C20H27N3O2/c1-5-25-19(24)16-12-18-21-15(11-17(14(2)3)23(18)22-16)13-20(4)9-7-6-8-10-20/h11-12H,2,5-10,13H2,1,3-4H3. The number of esters is 1. The maximum Gasteiger partial charge on any atom is 0.358 e. The van der Waals surface area contributed by atoms with E-state index in [-0.39, 0.29) is 5.69 Å². The Bertz CT molecular complexity index is 801. The predicted molar refractivity (Wildman–Crippen MR) is 98.5 cm³/mol. The molecule has 1 fully saturated rings. The molecule has 0 N–H and O–H groups in total. The number of ether oxygens (including phenoxy) is 1. The van der Waals surface area contributed by atoms with Gasteiger partial charge in [-0.3, -0.25) is 0 Å². The lowest BCUT2D eigenvalue weighted by molar-refractivity contribution is 0.0519. The zero-order valence-electron chi connectivity index (χ0n) is 15.5. The smallest absolute Gasteiger partial charge is 0.358 e. The molecule has 5 heteroatoms. The second-order valence-corrected chi connectivity index (χ2v) is 7.48. The zero-order valence-corrected chi connectivity index (χ0v) is 15.5. The van der Waals surface area contributed by atoms with Gasteiger partial charge in [-0.2, -0.15) is 5.10 Å². The summed E-state index contributed by atoms with van der Waals surface area (Å²) in [6, 6.07) is 3.77. The SMILES string of the molecule is C=C(C)c1cc(CC2(C)CCCCC2)nc2cc(C(=O)OCC)nn12. The highest BCUT2D eigenvalue weighted by Crippen LogP contribution is 2.38. The third-order valence-electron chi connectivity index (χ3n) is 5.07. The van der Waals surface area contributed by atoms with Crippen LogP contribution < -0.4 is 0 Å². The van der Waals surface area contributed by atoms with Crippen molar-refractivity contribution in [2.45, 2.75) is 59.3 Å². The maximum absolute atomic E-state index is 12.0. The minimum atomic E-state index is -0.415. The van der Waals surface area contributed by atoms with Gasteiger partial charge in [-0.15, -0.1) is 0 Å². The highest BCUT2D eigenvalue weighted by Gasteiger charge is 2.28. The summed E-state index contributed by atoms with van der Waals surface area (Å²) in [5.74, 6) is -0.415. The summed E-state index contributed by atoms with van der Waals surface area (Å²) in [5.41, 5.74) is 4.12. The Morgan fingerprint density at radius 1 is 1.32 bits per heavy atom. The van der Waals surface area contributed by atoms with Crippen LogP contribution in [0.25, 0.3) is 11.2 Å². The van der Waals surface area contributed by atoms with Gasteiger partial charge < -0.3 is 4.74 Å². The molecule has 3 rings (SSSR count). The van der Waals surface area contributed by atoms with Gasteiger partial charge in [0.2, 0.25) is 0 Å². The number of hydrogen-bond acceptors (Lipinski definition) is 4. The molecule has 25 heavy (non-hydrogen) atoms. The van der Waals surface area contributed by atoms with Crippen molar-refractivity contribution in [1.82, 2.24) is 14.6 Å². The molecule has 1 aliphatic carbocycles. The van der Waals surface area contributed by atoms with Crippen molar-refractivity contribution in [2.75, 3.05) is 6.61 Å². The minimum absolute atomic E-state index is 0.290. The van der Waals surface area contributed by atoms with Crippen LogP contribution in [0, 0.1) is 5.41 Å². The summed E-state index contributed by atoms with van der Waals surface area (Å²) in [7, 11) is 0. The van der Waals surface area contributed by atoms with Crippen molar-refractivity contribution in [1.29, 1.82) is 0 Å². The molecule has 0 spiro atoms. The first-order valence-electron chi connectivity index (χ1n) is 9.14. The van der Waals surface area contributed by atoms with Crippen molar-refractivity contribution in [3.63, 3.8) is 0 Å². The Kier molecular flexibility index (Phi) is 4.93. The lowest BCUT2D eigenvalue weighted by Crippen LogP contribution is -2.23. The van der Waals surface area contributed by atoms with Gasteiger partial charge in [0.1, 0.15) is 0 Å². The van der Waals surface area contributed by atoms with Crippen LogP contribution in [0.3, 0.4) is 0 Å². The highest BCUT2D eigenvalue weighted by atomic mass is 16.5. The molecule has 0 saturated heterocycles. The molecule has 1 aliphatic rings. The fourth-order valence-electron chi connectivity index (χ4n) is 3.75. The second kappa shape index (κ2) is 6.98. The van der Waals surface area contributed by atoms with Crippen LogP contribution in [0.4, 0.5) is 0 Å². The molecule has 2 aromatic rings. The van der Waals surface area contributed by atoms with E-state index >= 15 is 0 Å². The molecule has 5 nitrogen and oxygen atoms in total.